The zero-order chi connectivity index (χ0) is 20.9. The smallest absolute Gasteiger partial charge is 0.281 e. The molecule has 0 fully saturated rings. The number of hydrogen-bond acceptors (Lipinski definition) is 3. The van der Waals surface area contributed by atoms with Crippen LogP contribution in [-0.4, -0.2) is 20.8 Å². The summed E-state index contributed by atoms with van der Waals surface area (Å²) < 4.78 is 63.3. The van der Waals surface area contributed by atoms with Gasteiger partial charge < -0.3 is 9.84 Å². The summed E-state index contributed by atoms with van der Waals surface area (Å²) in [6.07, 6.45) is -2.06. The first-order valence-corrected chi connectivity index (χ1v) is 8.46. The molecule has 1 atom stereocenters. The monoisotopic (exact) mass is 403 g/mol. The van der Waals surface area contributed by atoms with Crippen LogP contribution in [0, 0.1) is 18.2 Å². The highest BCUT2D eigenvalue weighted by Crippen LogP contribution is 2.51. The molecule has 0 radical (unpaired) electrons. The second-order valence-electron chi connectivity index (χ2n) is 6.67. The van der Waals surface area contributed by atoms with Crippen LogP contribution in [0.4, 0.5) is 23.2 Å². The fraction of sp³-hybridized carbons (Fsp3) is 0.200. The van der Waals surface area contributed by atoms with Gasteiger partial charge in [0.05, 0.1) is 12.8 Å². The van der Waals surface area contributed by atoms with Crippen molar-refractivity contribution < 1.29 is 27.4 Å². The van der Waals surface area contributed by atoms with E-state index in [4.69, 9.17) is 11.3 Å². The van der Waals surface area contributed by atoms with E-state index in [9.17, 15) is 22.7 Å². The average Bonchev–Trinajstić information content (AvgIpc) is 3.11. The van der Waals surface area contributed by atoms with Gasteiger partial charge in [-0.2, -0.15) is 5.10 Å². The van der Waals surface area contributed by atoms with Crippen LogP contribution in [0.2, 0.25) is 0 Å². The van der Waals surface area contributed by atoms with E-state index in [1.54, 1.807) is 0 Å². The minimum Gasteiger partial charge on any atom is -0.458 e. The number of rotatable bonds is 3. The third-order valence-corrected chi connectivity index (χ3v) is 4.76. The summed E-state index contributed by atoms with van der Waals surface area (Å²) in [5, 5.41) is 14.0. The number of alkyl halides is 2. The van der Waals surface area contributed by atoms with Crippen LogP contribution < -0.4 is 4.74 Å². The summed E-state index contributed by atoms with van der Waals surface area (Å²) in [5.41, 5.74) is -0.192. The lowest BCUT2D eigenvalue weighted by Gasteiger charge is -2.17. The van der Waals surface area contributed by atoms with Crippen molar-refractivity contribution in [2.24, 2.45) is 7.05 Å². The molecule has 1 aliphatic rings. The number of aliphatic hydroxyl groups excluding tert-OH is 1. The Labute approximate surface area is 162 Å². The maximum Gasteiger partial charge on any atom is 0.281 e. The van der Waals surface area contributed by atoms with Crippen LogP contribution in [-0.2, 0) is 13.5 Å². The van der Waals surface area contributed by atoms with E-state index >= 15 is 0 Å². The number of nitrogens with zero attached hydrogens (tertiary/aromatic N) is 3. The van der Waals surface area contributed by atoms with Gasteiger partial charge in [0.2, 0.25) is 0 Å². The molecule has 1 N–H and O–H groups in total. The van der Waals surface area contributed by atoms with Crippen molar-refractivity contribution in [1.82, 2.24) is 9.78 Å². The lowest BCUT2D eigenvalue weighted by atomic mass is 9.98. The highest BCUT2D eigenvalue weighted by molar-refractivity contribution is 5.71. The largest absolute Gasteiger partial charge is 0.458 e. The number of aliphatic hydroxyl groups is 1. The molecule has 2 aromatic carbocycles. The van der Waals surface area contributed by atoms with Crippen molar-refractivity contribution >= 4 is 5.69 Å². The van der Waals surface area contributed by atoms with E-state index in [1.165, 1.54) is 29.9 Å². The number of benzene rings is 2. The molecule has 5 nitrogen and oxygen atoms in total. The summed E-state index contributed by atoms with van der Waals surface area (Å²) >= 11 is 0. The summed E-state index contributed by atoms with van der Waals surface area (Å²) in [4.78, 5) is 3.13. The van der Waals surface area contributed by atoms with Gasteiger partial charge in [-0.05, 0) is 24.3 Å². The number of halogens is 4. The molecule has 0 bridgehead atoms. The third-order valence-electron chi connectivity index (χ3n) is 4.76. The second kappa shape index (κ2) is 6.60. The Hall–Kier alpha value is -3.38. The van der Waals surface area contributed by atoms with Gasteiger partial charge in [0, 0.05) is 36.2 Å². The molecule has 0 saturated carbocycles. The van der Waals surface area contributed by atoms with Gasteiger partial charge >= 0.3 is 0 Å². The molecule has 4 rings (SSSR count). The number of ether oxygens (including phenoxy) is 1. The van der Waals surface area contributed by atoms with Gasteiger partial charge in [-0.15, -0.1) is 0 Å². The predicted molar refractivity (Wildman–Crippen MR) is 94.9 cm³/mol. The molecular formula is C20H13F4N3O2. The van der Waals surface area contributed by atoms with E-state index in [2.05, 4.69) is 9.94 Å². The summed E-state index contributed by atoms with van der Waals surface area (Å²) in [7, 11) is 1.45. The number of aryl methyl sites for hydroxylation is 1. The fourth-order valence-corrected chi connectivity index (χ4v) is 3.50. The first-order valence-electron chi connectivity index (χ1n) is 8.46. The van der Waals surface area contributed by atoms with Crippen LogP contribution in [0.15, 0.2) is 36.5 Å². The minimum atomic E-state index is -3.49. The van der Waals surface area contributed by atoms with E-state index < -0.39 is 30.1 Å². The molecule has 9 heteroatoms. The van der Waals surface area contributed by atoms with Crippen LogP contribution in [0.5, 0.6) is 11.5 Å². The van der Waals surface area contributed by atoms with Gasteiger partial charge in [0.1, 0.15) is 29.1 Å². The van der Waals surface area contributed by atoms with E-state index in [1.807, 2.05) is 0 Å². The number of fused-ring (bicyclic) bond motifs is 1. The topological polar surface area (TPSA) is 51.6 Å². The maximum absolute atomic E-state index is 14.3. The standard InChI is InChI=1S/C20H13F4N3O2/c1-25-11-5-10(21)6-12(7-11)29-16-4-3-13(18-15(22)9-26-27(18)2)17-14(16)8-20(23,24)19(17)28/h3-7,9,19,28H,8H2,2H3. The van der Waals surface area contributed by atoms with Gasteiger partial charge in [-0.25, -0.2) is 22.4 Å². The Kier molecular flexibility index (Phi) is 4.31. The van der Waals surface area contributed by atoms with Gasteiger partial charge in [0.25, 0.3) is 5.92 Å². The van der Waals surface area contributed by atoms with E-state index in [-0.39, 0.29) is 39.6 Å². The molecule has 1 aliphatic carbocycles. The van der Waals surface area contributed by atoms with Crippen molar-refractivity contribution in [2.45, 2.75) is 18.4 Å². The van der Waals surface area contributed by atoms with Gasteiger partial charge in [-0.1, -0.05) is 0 Å². The lowest BCUT2D eigenvalue weighted by molar-refractivity contribution is -0.0967. The van der Waals surface area contributed by atoms with Crippen LogP contribution in [0.25, 0.3) is 16.1 Å². The molecule has 3 aromatic rings. The Bertz CT molecular complexity index is 1150. The minimum absolute atomic E-state index is 0.0180. The molecule has 29 heavy (non-hydrogen) atoms. The van der Waals surface area contributed by atoms with Gasteiger partial charge in [0.15, 0.2) is 11.5 Å². The zero-order valence-corrected chi connectivity index (χ0v) is 15.0. The first-order chi connectivity index (χ1) is 13.7. The van der Waals surface area contributed by atoms with E-state index in [0.29, 0.717) is 0 Å². The lowest BCUT2D eigenvalue weighted by Crippen LogP contribution is -2.21. The molecular weight excluding hydrogens is 390 g/mol. The Morgan fingerprint density at radius 1 is 1.28 bits per heavy atom. The third kappa shape index (κ3) is 3.11. The highest BCUT2D eigenvalue weighted by atomic mass is 19.3. The molecule has 0 saturated heterocycles. The first kappa shape index (κ1) is 19.0. The van der Waals surface area contributed by atoms with Crippen molar-refractivity contribution in [3.8, 4) is 22.8 Å². The number of aromatic nitrogens is 2. The van der Waals surface area contributed by atoms with Gasteiger partial charge in [-0.3, -0.25) is 4.68 Å². The van der Waals surface area contributed by atoms with Crippen LogP contribution in [0.1, 0.15) is 17.2 Å². The molecule has 0 spiro atoms. The molecule has 1 unspecified atom stereocenters. The summed E-state index contributed by atoms with van der Waals surface area (Å²) in [6, 6.07) is 5.97. The fourth-order valence-electron chi connectivity index (χ4n) is 3.50. The van der Waals surface area contributed by atoms with E-state index in [0.717, 1.165) is 18.3 Å². The van der Waals surface area contributed by atoms with Crippen molar-refractivity contribution in [2.75, 3.05) is 0 Å². The van der Waals surface area contributed by atoms with Crippen molar-refractivity contribution in [3.63, 3.8) is 0 Å². The van der Waals surface area contributed by atoms with Crippen LogP contribution in [0.3, 0.4) is 0 Å². The molecule has 1 heterocycles. The summed E-state index contributed by atoms with van der Waals surface area (Å²) in [5.74, 6) is -5.02. The predicted octanol–water partition coefficient (Wildman–Crippen LogP) is 4.93. The highest BCUT2D eigenvalue weighted by Gasteiger charge is 2.49. The van der Waals surface area contributed by atoms with Crippen molar-refractivity contribution in [1.29, 1.82) is 0 Å². The zero-order valence-electron chi connectivity index (χ0n) is 15.0. The maximum atomic E-state index is 14.3. The molecule has 0 aliphatic heterocycles. The average molecular weight is 403 g/mol. The molecule has 148 valence electrons. The van der Waals surface area contributed by atoms with Crippen molar-refractivity contribution in [3.05, 3.63) is 70.7 Å². The Morgan fingerprint density at radius 3 is 2.69 bits per heavy atom. The normalized spacial score (nSPS) is 17.1. The SMILES string of the molecule is [C-]#[N+]c1cc(F)cc(Oc2ccc(-c3c(F)cnn3C)c3c2CC(F)(F)C3O)c1. The molecule has 0 amide bonds. The Morgan fingerprint density at radius 2 is 2.03 bits per heavy atom. The second-order valence-corrected chi connectivity index (χ2v) is 6.67. The Balaban J connectivity index is 1.87. The quantitative estimate of drug-likeness (QED) is 0.498. The number of hydrogen-bond donors (Lipinski definition) is 1. The molecule has 1 aromatic heterocycles. The summed E-state index contributed by atoms with van der Waals surface area (Å²) in [6.45, 7) is 6.99. The van der Waals surface area contributed by atoms with Crippen LogP contribution >= 0.6 is 0 Å².